The molecule has 0 spiro atoms. The van der Waals surface area contributed by atoms with Crippen LogP contribution in [-0.2, 0) is 6.54 Å². The summed E-state index contributed by atoms with van der Waals surface area (Å²) in [5.41, 5.74) is 6.33. The first-order valence-electron chi connectivity index (χ1n) is 10.4. The fourth-order valence-electron chi connectivity index (χ4n) is 4.31. The highest BCUT2D eigenvalue weighted by Gasteiger charge is 2.28. The molecule has 1 aromatic carbocycles. The Morgan fingerprint density at radius 2 is 2.00 bits per heavy atom. The number of benzene rings is 1. The molecule has 0 amide bonds. The number of nitrogens with one attached hydrogen (secondary N) is 1. The number of rotatable bonds is 6. The summed E-state index contributed by atoms with van der Waals surface area (Å²) in [5, 5.41) is 3.25. The molecule has 0 unspecified atom stereocenters. The molecule has 1 aliphatic rings. The van der Waals surface area contributed by atoms with Crippen molar-refractivity contribution in [3.8, 4) is 5.75 Å². The van der Waals surface area contributed by atoms with Gasteiger partial charge in [0.2, 0.25) is 0 Å². The fourth-order valence-corrected chi connectivity index (χ4v) is 4.31. The Bertz CT molecular complexity index is 1020. The van der Waals surface area contributed by atoms with Crippen molar-refractivity contribution in [2.75, 3.05) is 19.0 Å². The van der Waals surface area contributed by atoms with Crippen molar-refractivity contribution >= 4 is 11.6 Å². The maximum Gasteiger partial charge on any atom is 0.150 e. The van der Waals surface area contributed by atoms with Crippen molar-refractivity contribution in [1.29, 1.82) is 0 Å². The lowest BCUT2D eigenvalue weighted by atomic mass is 9.96. The Labute approximate surface area is 178 Å². The van der Waals surface area contributed by atoms with Crippen LogP contribution in [0.5, 0.6) is 5.75 Å². The average Bonchev–Trinajstić information content (AvgIpc) is 3.23. The predicted octanol–water partition coefficient (Wildman–Crippen LogP) is 4.89. The molecule has 0 bridgehead atoms. The molecule has 6 heteroatoms. The van der Waals surface area contributed by atoms with Gasteiger partial charge in [0.25, 0.3) is 0 Å². The minimum absolute atomic E-state index is 0.315. The first kappa shape index (κ1) is 20.3. The number of aryl methyl sites for hydroxylation is 1. The number of hydrogen-bond acceptors (Lipinski definition) is 6. The molecule has 3 aromatic rings. The van der Waals surface area contributed by atoms with Crippen molar-refractivity contribution in [1.82, 2.24) is 19.9 Å². The molecule has 2 aromatic heterocycles. The smallest absolute Gasteiger partial charge is 0.150 e. The molecule has 3 heterocycles. The molecule has 1 N–H and O–H groups in total. The van der Waals surface area contributed by atoms with Crippen LogP contribution in [0.1, 0.15) is 46.8 Å². The molecule has 0 saturated carbocycles. The highest BCUT2D eigenvalue weighted by molar-refractivity contribution is 5.50. The fraction of sp³-hybridized carbons (Fsp3) is 0.375. The number of nitrogens with zero attached hydrogens (tertiary/aromatic N) is 4. The Morgan fingerprint density at radius 1 is 1.13 bits per heavy atom. The highest BCUT2D eigenvalue weighted by atomic mass is 16.5. The SMILES string of the molecule is COc1cc(C)c(CN2CCC[C@@H]2c2cccc(Nc3cnccn3)n2)c(C)c1C. The van der Waals surface area contributed by atoms with E-state index in [4.69, 9.17) is 9.72 Å². The summed E-state index contributed by atoms with van der Waals surface area (Å²) in [6, 6.07) is 8.63. The van der Waals surface area contributed by atoms with Gasteiger partial charge >= 0.3 is 0 Å². The van der Waals surface area contributed by atoms with E-state index in [1.165, 1.54) is 28.7 Å². The van der Waals surface area contributed by atoms with E-state index in [1.807, 2.05) is 6.07 Å². The van der Waals surface area contributed by atoms with E-state index in [0.29, 0.717) is 11.9 Å². The zero-order valence-corrected chi connectivity index (χ0v) is 18.1. The van der Waals surface area contributed by atoms with Crippen LogP contribution in [0.2, 0.25) is 0 Å². The summed E-state index contributed by atoms with van der Waals surface area (Å²) in [5.74, 6) is 2.47. The number of methoxy groups -OCH3 is 1. The van der Waals surface area contributed by atoms with E-state index >= 15 is 0 Å². The lowest BCUT2D eigenvalue weighted by Gasteiger charge is -2.27. The van der Waals surface area contributed by atoms with Crippen LogP contribution in [-0.4, -0.2) is 33.5 Å². The van der Waals surface area contributed by atoms with Crippen molar-refractivity contribution < 1.29 is 4.74 Å². The van der Waals surface area contributed by atoms with Gasteiger partial charge in [0.05, 0.1) is 25.0 Å². The Morgan fingerprint density at radius 3 is 2.77 bits per heavy atom. The second kappa shape index (κ2) is 8.79. The van der Waals surface area contributed by atoms with Crippen LogP contribution >= 0.6 is 0 Å². The van der Waals surface area contributed by atoms with E-state index in [0.717, 1.165) is 36.8 Å². The summed E-state index contributed by atoms with van der Waals surface area (Å²) in [6.45, 7) is 8.53. The molecule has 30 heavy (non-hydrogen) atoms. The van der Waals surface area contributed by atoms with Gasteiger partial charge in [-0.2, -0.15) is 0 Å². The summed E-state index contributed by atoms with van der Waals surface area (Å²) in [4.78, 5) is 15.8. The van der Waals surface area contributed by atoms with Gasteiger partial charge in [0.15, 0.2) is 0 Å². The maximum atomic E-state index is 5.54. The quantitative estimate of drug-likeness (QED) is 0.632. The summed E-state index contributed by atoms with van der Waals surface area (Å²) in [6.07, 6.45) is 7.34. The number of pyridine rings is 1. The Hall–Kier alpha value is -2.99. The predicted molar refractivity (Wildman–Crippen MR) is 119 cm³/mol. The summed E-state index contributed by atoms with van der Waals surface area (Å²) in [7, 11) is 1.74. The lowest BCUT2D eigenvalue weighted by molar-refractivity contribution is 0.243. The number of likely N-dealkylation sites (tertiary alicyclic amines) is 1. The maximum absolute atomic E-state index is 5.54. The summed E-state index contributed by atoms with van der Waals surface area (Å²) < 4.78 is 5.54. The van der Waals surface area contributed by atoms with Gasteiger partial charge in [0.1, 0.15) is 17.4 Å². The van der Waals surface area contributed by atoms with Crippen molar-refractivity contribution in [2.45, 2.75) is 46.2 Å². The third kappa shape index (κ3) is 4.14. The Balaban J connectivity index is 1.56. The Kier molecular flexibility index (Phi) is 5.95. The van der Waals surface area contributed by atoms with Crippen LogP contribution < -0.4 is 10.1 Å². The average molecular weight is 404 g/mol. The van der Waals surface area contributed by atoms with E-state index in [-0.39, 0.29) is 0 Å². The van der Waals surface area contributed by atoms with Crippen LogP contribution in [0, 0.1) is 20.8 Å². The molecule has 0 aliphatic carbocycles. The van der Waals surface area contributed by atoms with Gasteiger partial charge in [-0.3, -0.25) is 9.88 Å². The van der Waals surface area contributed by atoms with Gasteiger partial charge in [-0.25, -0.2) is 9.97 Å². The molecule has 1 aliphatic heterocycles. The van der Waals surface area contributed by atoms with Crippen molar-refractivity contribution in [3.63, 3.8) is 0 Å². The number of hydrogen-bond donors (Lipinski definition) is 1. The molecule has 156 valence electrons. The molecule has 1 fully saturated rings. The summed E-state index contributed by atoms with van der Waals surface area (Å²) >= 11 is 0. The number of anilines is 2. The third-order valence-electron chi connectivity index (χ3n) is 6.08. The van der Waals surface area contributed by atoms with E-state index in [1.54, 1.807) is 25.7 Å². The normalized spacial score (nSPS) is 16.6. The van der Waals surface area contributed by atoms with Gasteiger partial charge in [-0.1, -0.05) is 6.07 Å². The molecule has 4 rings (SSSR count). The van der Waals surface area contributed by atoms with Gasteiger partial charge in [0, 0.05) is 18.9 Å². The van der Waals surface area contributed by atoms with Crippen molar-refractivity contribution in [2.24, 2.45) is 0 Å². The standard InChI is InChI=1S/C24H29N5O/c1-16-13-22(30-4)18(3)17(2)19(16)15-29-12-6-8-21(29)20-7-5-9-23(27-20)28-24-14-25-10-11-26-24/h5,7,9-11,13-14,21H,6,8,12,15H2,1-4H3,(H,26,27,28)/t21-/m1/s1. The van der Waals surface area contributed by atoms with E-state index < -0.39 is 0 Å². The minimum Gasteiger partial charge on any atom is -0.496 e. The molecular weight excluding hydrogens is 374 g/mol. The molecule has 1 saturated heterocycles. The van der Waals surface area contributed by atoms with Crippen LogP contribution in [0.4, 0.5) is 11.6 Å². The second-order valence-electron chi connectivity index (χ2n) is 7.92. The molecule has 1 atom stereocenters. The number of ether oxygens (including phenoxy) is 1. The largest absolute Gasteiger partial charge is 0.496 e. The van der Waals surface area contributed by atoms with Gasteiger partial charge < -0.3 is 10.1 Å². The van der Waals surface area contributed by atoms with E-state index in [2.05, 4.69) is 59.2 Å². The van der Waals surface area contributed by atoms with Gasteiger partial charge in [-0.15, -0.1) is 0 Å². The number of aromatic nitrogens is 3. The minimum atomic E-state index is 0.315. The highest BCUT2D eigenvalue weighted by Crippen LogP contribution is 2.35. The zero-order chi connectivity index (χ0) is 21.1. The van der Waals surface area contributed by atoms with Crippen LogP contribution in [0.3, 0.4) is 0 Å². The third-order valence-corrected chi connectivity index (χ3v) is 6.08. The molecular formula is C24H29N5O. The van der Waals surface area contributed by atoms with Crippen molar-refractivity contribution in [3.05, 3.63) is 70.8 Å². The first-order valence-corrected chi connectivity index (χ1v) is 10.4. The topological polar surface area (TPSA) is 63.2 Å². The van der Waals surface area contributed by atoms with Crippen LogP contribution in [0.25, 0.3) is 0 Å². The first-order chi connectivity index (χ1) is 14.6. The molecule has 6 nitrogen and oxygen atoms in total. The lowest BCUT2D eigenvalue weighted by Crippen LogP contribution is -2.24. The molecule has 0 radical (unpaired) electrons. The second-order valence-corrected chi connectivity index (χ2v) is 7.92. The van der Waals surface area contributed by atoms with E-state index in [9.17, 15) is 0 Å². The monoisotopic (exact) mass is 403 g/mol. The van der Waals surface area contributed by atoms with Crippen LogP contribution in [0.15, 0.2) is 42.9 Å². The van der Waals surface area contributed by atoms with Gasteiger partial charge in [-0.05, 0) is 80.6 Å². The zero-order valence-electron chi connectivity index (χ0n) is 18.1.